The number of carbonyl (C=O) groups excluding carboxylic acids is 1. The van der Waals surface area contributed by atoms with Gasteiger partial charge in [-0.05, 0) is 11.4 Å². The van der Waals surface area contributed by atoms with Crippen LogP contribution in [0.4, 0.5) is 5.95 Å². The van der Waals surface area contributed by atoms with Gasteiger partial charge in [-0.25, -0.2) is 0 Å². The lowest BCUT2D eigenvalue weighted by atomic mass is 10.3. The Hall–Kier alpha value is -2.22. The van der Waals surface area contributed by atoms with Gasteiger partial charge in [0, 0.05) is 25.0 Å². The molecule has 0 unspecified atom stereocenters. The Morgan fingerprint density at radius 2 is 2.20 bits per heavy atom. The molecule has 0 aromatic carbocycles. The fraction of sp³-hybridized carbons (Fsp3) is 0.333. The van der Waals surface area contributed by atoms with Crippen molar-refractivity contribution in [3.63, 3.8) is 0 Å². The van der Waals surface area contributed by atoms with E-state index >= 15 is 0 Å². The van der Waals surface area contributed by atoms with E-state index in [-0.39, 0.29) is 18.5 Å². The fourth-order valence-corrected chi connectivity index (χ4v) is 2.05. The standard InChI is InChI=1S/C12H15N5O2S/c1-17(2)11-14-9(15-12(16-11)19-3)6-13-10(18)8-4-5-20-7-8/h4-5,7H,6H2,1-3H3,(H,13,18). The van der Waals surface area contributed by atoms with Crippen LogP contribution in [-0.4, -0.2) is 42.1 Å². The van der Waals surface area contributed by atoms with Crippen LogP contribution in [0.3, 0.4) is 0 Å². The van der Waals surface area contributed by atoms with Gasteiger partial charge in [-0.1, -0.05) is 0 Å². The molecular formula is C12H15N5O2S. The number of hydrogen-bond donors (Lipinski definition) is 1. The lowest BCUT2D eigenvalue weighted by molar-refractivity contribution is 0.0950. The maximum absolute atomic E-state index is 11.8. The predicted octanol–water partition coefficient (Wildman–Crippen LogP) is 0.938. The smallest absolute Gasteiger partial charge is 0.321 e. The normalized spacial score (nSPS) is 10.2. The number of aromatic nitrogens is 3. The molecule has 0 atom stereocenters. The van der Waals surface area contributed by atoms with Crippen LogP contribution in [0.5, 0.6) is 6.01 Å². The van der Waals surface area contributed by atoms with Crippen molar-refractivity contribution >= 4 is 23.2 Å². The number of amides is 1. The van der Waals surface area contributed by atoms with Gasteiger partial charge in [-0.2, -0.15) is 26.3 Å². The van der Waals surface area contributed by atoms with Gasteiger partial charge in [0.05, 0.1) is 13.7 Å². The first-order valence-corrected chi connectivity index (χ1v) is 6.81. The van der Waals surface area contributed by atoms with E-state index in [2.05, 4.69) is 20.3 Å². The number of anilines is 1. The zero-order valence-electron chi connectivity index (χ0n) is 11.5. The largest absolute Gasteiger partial charge is 0.467 e. The van der Waals surface area contributed by atoms with Gasteiger partial charge in [-0.3, -0.25) is 4.79 Å². The van der Waals surface area contributed by atoms with E-state index in [1.807, 2.05) is 19.5 Å². The molecule has 0 spiro atoms. The minimum Gasteiger partial charge on any atom is -0.467 e. The van der Waals surface area contributed by atoms with Crippen molar-refractivity contribution in [1.82, 2.24) is 20.3 Å². The summed E-state index contributed by atoms with van der Waals surface area (Å²) in [5.74, 6) is 0.776. The molecule has 20 heavy (non-hydrogen) atoms. The van der Waals surface area contributed by atoms with Gasteiger partial charge in [-0.15, -0.1) is 0 Å². The third kappa shape index (κ3) is 3.41. The molecule has 2 heterocycles. The molecule has 2 rings (SSSR count). The Kier molecular flexibility index (Phi) is 4.46. The summed E-state index contributed by atoms with van der Waals surface area (Å²) in [6.45, 7) is 0.217. The second-order valence-electron chi connectivity index (χ2n) is 4.13. The van der Waals surface area contributed by atoms with Gasteiger partial charge < -0.3 is 15.0 Å². The molecule has 1 N–H and O–H groups in total. The zero-order valence-corrected chi connectivity index (χ0v) is 12.3. The van der Waals surface area contributed by atoms with Crippen molar-refractivity contribution in [3.05, 3.63) is 28.2 Å². The highest BCUT2D eigenvalue weighted by atomic mass is 32.1. The molecule has 2 aromatic heterocycles. The summed E-state index contributed by atoms with van der Waals surface area (Å²) in [7, 11) is 5.13. The molecule has 0 radical (unpaired) electrons. The highest BCUT2D eigenvalue weighted by Gasteiger charge is 2.10. The van der Waals surface area contributed by atoms with Crippen molar-refractivity contribution in [2.24, 2.45) is 0 Å². The highest BCUT2D eigenvalue weighted by Crippen LogP contribution is 2.10. The second kappa shape index (κ2) is 6.29. The van der Waals surface area contributed by atoms with Crippen LogP contribution < -0.4 is 15.0 Å². The lowest BCUT2D eigenvalue weighted by Gasteiger charge is -2.12. The summed E-state index contributed by atoms with van der Waals surface area (Å²) in [5, 5.41) is 6.40. The number of carbonyl (C=O) groups is 1. The minimum absolute atomic E-state index is 0.156. The lowest BCUT2D eigenvalue weighted by Crippen LogP contribution is -2.24. The van der Waals surface area contributed by atoms with Crippen LogP contribution >= 0.6 is 11.3 Å². The van der Waals surface area contributed by atoms with E-state index in [1.165, 1.54) is 18.4 Å². The summed E-state index contributed by atoms with van der Waals surface area (Å²) in [6, 6.07) is 1.99. The Morgan fingerprint density at radius 3 is 2.80 bits per heavy atom. The van der Waals surface area contributed by atoms with E-state index in [9.17, 15) is 4.79 Å². The van der Waals surface area contributed by atoms with Crippen molar-refractivity contribution in [2.75, 3.05) is 26.1 Å². The van der Waals surface area contributed by atoms with Gasteiger partial charge in [0.1, 0.15) is 0 Å². The predicted molar refractivity (Wildman–Crippen MR) is 76.2 cm³/mol. The monoisotopic (exact) mass is 293 g/mol. The molecule has 7 nitrogen and oxygen atoms in total. The van der Waals surface area contributed by atoms with E-state index in [1.54, 1.807) is 16.3 Å². The molecule has 0 bridgehead atoms. The average molecular weight is 293 g/mol. The zero-order chi connectivity index (χ0) is 14.5. The molecular weight excluding hydrogens is 278 g/mol. The summed E-state index contributed by atoms with van der Waals surface area (Å²) >= 11 is 1.47. The van der Waals surface area contributed by atoms with E-state index < -0.39 is 0 Å². The Morgan fingerprint density at radius 1 is 1.40 bits per heavy atom. The summed E-state index contributed by atoms with van der Waals surface area (Å²) in [5.41, 5.74) is 0.629. The Labute approximate surface area is 120 Å². The molecule has 2 aromatic rings. The first kappa shape index (κ1) is 14.2. The second-order valence-corrected chi connectivity index (χ2v) is 4.91. The van der Waals surface area contributed by atoms with Gasteiger partial charge in [0.2, 0.25) is 5.95 Å². The summed E-state index contributed by atoms with van der Waals surface area (Å²) < 4.78 is 5.02. The van der Waals surface area contributed by atoms with Crippen molar-refractivity contribution in [3.8, 4) is 6.01 Å². The number of nitrogens with zero attached hydrogens (tertiary/aromatic N) is 4. The van der Waals surface area contributed by atoms with Crippen molar-refractivity contribution < 1.29 is 9.53 Å². The van der Waals surface area contributed by atoms with E-state index in [0.29, 0.717) is 17.3 Å². The van der Waals surface area contributed by atoms with Crippen LogP contribution in [0.1, 0.15) is 16.2 Å². The third-order valence-electron chi connectivity index (χ3n) is 2.42. The SMILES string of the molecule is COc1nc(CNC(=O)c2ccsc2)nc(N(C)C)n1. The van der Waals surface area contributed by atoms with Crippen LogP contribution in [0.25, 0.3) is 0 Å². The van der Waals surface area contributed by atoms with Gasteiger partial charge in [0.15, 0.2) is 5.82 Å². The maximum atomic E-state index is 11.8. The first-order chi connectivity index (χ1) is 9.60. The minimum atomic E-state index is -0.156. The number of thiophene rings is 1. The van der Waals surface area contributed by atoms with Crippen molar-refractivity contribution in [1.29, 1.82) is 0 Å². The number of nitrogens with one attached hydrogen (secondary N) is 1. The number of ether oxygens (including phenoxy) is 1. The van der Waals surface area contributed by atoms with Gasteiger partial charge in [0.25, 0.3) is 5.91 Å². The third-order valence-corrected chi connectivity index (χ3v) is 3.11. The van der Waals surface area contributed by atoms with Crippen LogP contribution in [0.2, 0.25) is 0 Å². The summed E-state index contributed by atoms with van der Waals surface area (Å²) in [4.78, 5) is 26.0. The van der Waals surface area contributed by atoms with Crippen LogP contribution in [0.15, 0.2) is 16.8 Å². The molecule has 106 valence electrons. The topological polar surface area (TPSA) is 80.2 Å². The number of hydrogen-bond acceptors (Lipinski definition) is 7. The molecule has 1 amide bonds. The quantitative estimate of drug-likeness (QED) is 0.883. The summed E-state index contributed by atoms with van der Waals surface area (Å²) in [6.07, 6.45) is 0. The Bertz CT molecular complexity index is 586. The van der Waals surface area contributed by atoms with E-state index in [4.69, 9.17) is 4.74 Å². The number of rotatable bonds is 5. The average Bonchev–Trinajstić information content (AvgIpc) is 2.98. The van der Waals surface area contributed by atoms with Crippen LogP contribution in [-0.2, 0) is 6.54 Å². The molecule has 0 aliphatic rings. The Balaban J connectivity index is 2.09. The molecule has 0 saturated heterocycles. The van der Waals surface area contributed by atoms with Crippen molar-refractivity contribution in [2.45, 2.75) is 6.54 Å². The molecule has 0 saturated carbocycles. The molecule has 0 fully saturated rings. The first-order valence-electron chi connectivity index (χ1n) is 5.87. The van der Waals surface area contributed by atoms with Gasteiger partial charge >= 0.3 is 6.01 Å². The fourth-order valence-electron chi connectivity index (χ4n) is 1.41. The van der Waals surface area contributed by atoms with E-state index in [0.717, 1.165) is 0 Å². The highest BCUT2D eigenvalue weighted by molar-refractivity contribution is 7.08. The molecule has 8 heteroatoms. The maximum Gasteiger partial charge on any atom is 0.321 e. The van der Waals surface area contributed by atoms with Crippen LogP contribution in [0, 0.1) is 0 Å². The molecule has 0 aliphatic heterocycles. The molecule has 0 aliphatic carbocycles. The number of methoxy groups -OCH3 is 1.